The second kappa shape index (κ2) is 7.02. The fourth-order valence-electron chi connectivity index (χ4n) is 3.32. The number of hydrogen-bond donors (Lipinski definition) is 2. The molecule has 4 rings (SSSR count). The lowest BCUT2D eigenvalue weighted by Crippen LogP contribution is -2.12. The van der Waals surface area contributed by atoms with Crippen molar-refractivity contribution in [1.29, 1.82) is 0 Å². The van der Waals surface area contributed by atoms with Gasteiger partial charge in [0.25, 0.3) is 0 Å². The number of H-pyrrole nitrogens is 1. The van der Waals surface area contributed by atoms with Crippen LogP contribution in [0.25, 0.3) is 22.2 Å². The summed E-state index contributed by atoms with van der Waals surface area (Å²) in [5.41, 5.74) is 2.65. The van der Waals surface area contributed by atoms with Crippen molar-refractivity contribution in [3.05, 3.63) is 82.7 Å². The van der Waals surface area contributed by atoms with E-state index in [1.807, 2.05) is 6.07 Å². The number of rotatable bonds is 5. The second-order valence-corrected chi connectivity index (χ2v) is 6.98. The molecule has 1 unspecified atom stereocenters. The maximum absolute atomic E-state index is 13.2. The number of hydrogen-bond acceptors (Lipinski definition) is 3. The highest BCUT2D eigenvalue weighted by atomic mass is 35.5. The van der Waals surface area contributed by atoms with Gasteiger partial charge in [-0.15, -0.1) is 0 Å². The number of aliphatic carboxylic acids is 1. The van der Waals surface area contributed by atoms with Crippen LogP contribution in [0.4, 0.5) is 0 Å². The van der Waals surface area contributed by atoms with Crippen LogP contribution in [0, 0.1) is 0 Å². The minimum Gasteiger partial charge on any atom is -0.481 e. The van der Waals surface area contributed by atoms with Crippen LogP contribution in [0.1, 0.15) is 34.5 Å². The van der Waals surface area contributed by atoms with Crippen molar-refractivity contribution in [2.24, 2.45) is 0 Å². The molecule has 1 atom stereocenters. The van der Waals surface area contributed by atoms with Crippen LogP contribution >= 0.6 is 11.6 Å². The van der Waals surface area contributed by atoms with E-state index in [4.69, 9.17) is 16.0 Å². The van der Waals surface area contributed by atoms with E-state index in [9.17, 15) is 14.7 Å². The average Bonchev–Trinajstić information content (AvgIpc) is 3.34. The summed E-state index contributed by atoms with van der Waals surface area (Å²) in [7, 11) is 0. The molecule has 0 radical (unpaired) electrons. The summed E-state index contributed by atoms with van der Waals surface area (Å²) in [6, 6.07) is 15.7. The lowest BCUT2D eigenvalue weighted by atomic mass is 9.94. The Morgan fingerprint density at radius 2 is 1.86 bits per heavy atom. The number of carbonyl (C=O) groups is 2. The molecule has 2 aromatic heterocycles. The van der Waals surface area contributed by atoms with Gasteiger partial charge >= 0.3 is 5.97 Å². The summed E-state index contributed by atoms with van der Waals surface area (Å²) in [5, 5.41) is 10.7. The Balaban J connectivity index is 1.80. The number of aromatic amines is 1. The fourth-order valence-corrected chi connectivity index (χ4v) is 3.49. The van der Waals surface area contributed by atoms with Gasteiger partial charge in [0.2, 0.25) is 5.78 Å². The Morgan fingerprint density at radius 1 is 1.11 bits per heavy atom. The predicted octanol–water partition coefficient (Wildman–Crippen LogP) is 5.50. The van der Waals surface area contributed by atoms with Crippen LogP contribution in [0.3, 0.4) is 0 Å². The van der Waals surface area contributed by atoms with Crippen molar-refractivity contribution in [3.63, 3.8) is 0 Å². The highest BCUT2D eigenvalue weighted by Gasteiger charge is 2.26. The molecule has 0 saturated carbocycles. The third-order valence-electron chi connectivity index (χ3n) is 4.78. The first-order chi connectivity index (χ1) is 13.5. The molecule has 0 saturated heterocycles. The summed E-state index contributed by atoms with van der Waals surface area (Å²) >= 11 is 6.06. The van der Waals surface area contributed by atoms with Crippen LogP contribution < -0.4 is 0 Å². The van der Waals surface area contributed by atoms with Crippen LogP contribution in [-0.4, -0.2) is 21.8 Å². The highest BCUT2D eigenvalue weighted by Crippen LogP contribution is 2.33. The summed E-state index contributed by atoms with van der Waals surface area (Å²) in [6.45, 7) is 1.57. The Morgan fingerprint density at radius 3 is 2.50 bits per heavy atom. The van der Waals surface area contributed by atoms with Gasteiger partial charge in [-0.1, -0.05) is 41.9 Å². The number of carboxylic acids is 1. The van der Waals surface area contributed by atoms with Gasteiger partial charge in [-0.25, -0.2) is 0 Å². The minimum atomic E-state index is -1.00. The summed E-state index contributed by atoms with van der Waals surface area (Å²) in [5.74, 6) is -1.42. The van der Waals surface area contributed by atoms with Gasteiger partial charge in [-0.2, -0.15) is 0 Å². The van der Waals surface area contributed by atoms with E-state index in [-0.39, 0.29) is 11.5 Å². The summed E-state index contributed by atoms with van der Waals surface area (Å²) in [6.07, 6.45) is 1.59. The highest BCUT2D eigenvalue weighted by molar-refractivity contribution is 6.31. The summed E-state index contributed by atoms with van der Waals surface area (Å²) < 4.78 is 5.36. The molecule has 0 fully saturated rings. The van der Waals surface area contributed by atoms with Crippen molar-refractivity contribution in [2.45, 2.75) is 12.8 Å². The van der Waals surface area contributed by atoms with E-state index in [2.05, 4.69) is 4.98 Å². The van der Waals surface area contributed by atoms with E-state index < -0.39 is 11.9 Å². The summed E-state index contributed by atoms with van der Waals surface area (Å²) in [4.78, 5) is 27.9. The zero-order valence-corrected chi connectivity index (χ0v) is 15.7. The lowest BCUT2D eigenvalue weighted by molar-refractivity contribution is -0.138. The average molecular weight is 394 g/mol. The SMILES string of the molecule is CC(C(=O)O)c1c(C(=O)c2ccc(-c3ccco3)cc2)[nH]c2cc(Cl)ccc12. The number of fused-ring (bicyclic) bond motifs is 1. The van der Waals surface area contributed by atoms with Gasteiger partial charge in [0.1, 0.15) is 5.76 Å². The largest absolute Gasteiger partial charge is 0.481 e. The third-order valence-corrected chi connectivity index (χ3v) is 5.02. The first kappa shape index (κ1) is 18.1. The van der Waals surface area contributed by atoms with Crippen LogP contribution in [0.15, 0.2) is 65.3 Å². The quantitative estimate of drug-likeness (QED) is 0.438. The number of nitrogens with one attached hydrogen (secondary N) is 1. The molecule has 4 aromatic rings. The standard InChI is InChI=1S/C22H16ClNO4/c1-12(22(26)27)19-16-9-8-15(23)11-17(16)24-20(19)21(25)14-6-4-13(5-7-14)18-3-2-10-28-18/h2-12,24H,1H3,(H,26,27). The molecule has 0 spiro atoms. The lowest BCUT2D eigenvalue weighted by Gasteiger charge is -2.09. The van der Waals surface area contributed by atoms with Gasteiger partial charge in [0.15, 0.2) is 0 Å². The van der Waals surface area contributed by atoms with E-state index in [1.54, 1.807) is 61.7 Å². The number of halogens is 1. The van der Waals surface area contributed by atoms with Crippen molar-refractivity contribution in [1.82, 2.24) is 4.98 Å². The molecule has 0 aliphatic rings. The van der Waals surface area contributed by atoms with Gasteiger partial charge in [0.05, 0.1) is 17.9 Å². The fraction of sp³-hybridized carbons (Fsp3) is 0.0909. The molecule has 6 heteroatoms. The van der Waals surface area contributed by atoms with Crippen molar-refractivity contribution in [2.75, 3.05) is 0 Å². The molecule has 2 aromatic carbocycles. The Labute approximate surface area is 165 Å². The minimum absolute atomic E-state index is 0.262. The van der Waals surface area contributed by atoms with Gasteiger partial charge in [0, 0.05) is 32.6 Å². The molecule has 0 aliphatic carbocycles. The van der Waals surface area contributed by atoms with Crippen molar-refractivity contribution < 1.29 is 19.1 Å². The smallest absolute Gasteiger partial charge is 0.310 e. The third kappa shape index (κ3) is 3.10. The Bertz CT molecular complexity index is 1170. The molecule has 28 heavy (non-hydrogen) atoms. The number of benzene rings is 2. The first-order valence-electron chi connectivity index (χ1n) is 8.68. The predicted molar refractivity (Wildman–Crippen MR) is 107 cm³/mol. The molecule has 2 heterocycles. The molecule has 0 aliphatic heterocycles. The molecule has 0 bridgehead atoms. The first-order valence-corrected chi connectivity index (χ1v) is 9.06. The van der Waals surface area contributed by atoms with Gasteiger partial charge in [-0.05, 0) is 31.2 Å². The number of carbonyl (C=O) groups excluding carboxylic acids is 1. The van der Waals surface area contributed by atoms with Gasteiger partial charge < -0.3 is 14.5 Å². The Kier molecular flexibility index (Phi) is 4.53. The van der Waals surface area contributed by atoms with E-state index in [0.717, 1.165) is 5.56 Å². The monoisotopic (exact) mass is 393 g/mol. The van der Waals surface area contributed by atoms with Crippen LogP contribution in [0.5, 0.6) is 0 Å². The number of ketones is 1. The van der Waals surface area contributed by atoms with E-state index in [0.29, 0.717) is 32.8 Å². The number of aromatic nitrogens is 1. The zero-order chi connectivity index (χ0) is 19.8. The topological polar surface area (TPSA) is 83.3 Å². The van der Waals surface area contributed by atoms with Crippen LogP contribution in [0.2, 0.25) is 5.02 Å². The maximum atomic E-state index is 13.2. The van der Waals surface area contributed by atoms with Crippen molar-refractivity contribution >= 4 is 34.3 Å². The normalized spacial score (nSPS) is 12.2. The van der Waals surface area contributed by atoms with Crippen LogP contribution in [-0.2, 0) is 4.79 Å². The Hall–Kier alpha value is -3.31. The van der Waals surface area contributed by atoms with Gasteiger partial charge in [-0.3, -0.25) is 9.59 Å². The second-order valence-electron chi connectivity index (χ2n) is 6.55. The molecule has 2 N–H and O–H groups in total. The maximum Gasteiger partial charge on any atom is 0.310 e. The molecule has 5 nitrogen and oxygen atoms in total. The molecule has 0 amide bonds. The number of carboxylic acid groups (broad SMARTS) is 1. The van der Waals surface area contributed by atoms with E-state index >= 15 is 0 Å². The molecular weight excluding hydrogens is 378 g/mol. The van der Waals surface area contributed by atoms with E-state index in [1.165, 1.54) is 0 Å². The van der Waals surface area contributed by atoms with Crippen molar-refractivity contribution in [3.8, 4) is 11.3 Å². The number of furan rings is 1. The molecular formula is C22H16ClNO4. The zero-order valence-electron chi connectivity index (χ0n) is 14.9. The molecule has 140 valence electrons.